The van der Waals surface area contributed by atoms with E-state index in [1.807, 2.05) is 18.2 Å². The first kappa shape index (κ1) is 13.6. The Bertz CT molecular complexity index is 522. The van der Waals surface area contributed by atoms with E-state index in [1.54, 1.807) is 11.3 Å². The number of thiophene rings is 1. The minimum Gasteiger partial charge on any atom is -0.488 e. The second-order valence-corrected chi connectivity index (χ2v) is 6.03. The number of aliphatic hydroxyl groups is 1. The van der Waals surface area contributed by atoms with E-state index in [1.165, 1.54) is 9.75 Å². The van der Waals surface area contributed by atoms with Gasteiger partial charge in [0.1, 0.15) is 12.4 Å². The molecule has 18 heavy (non-hydrogen) atoms. The third-order valence-corrected chi connectivity index (χ3v) is 4.61. The summed E-state index contributed by atoms with van der Waals surface area (Å²) in [5, 5.41) is 9.18. The number of ether oxygens (including phenoxy) is 1. The number of halogens is 1. The Morgan fingerprint density at radius 3 is 2.67 bits per heavy atom. The Morgan fingerprint density at radius 1 is 1.22 bits per heavy atom. The maximum atomic E-state index is 9.18. The topological polar surface area (TPSA) is 29.5 Å². The van der Waals surface area contributed by atoms with Crippen LogP contribution >= 0.6 is 27.3 Å². The maximum Gasteiger partial charge on any atom is 0.122 e. The van der Waals surface area contributed by atoms with Crippen LogP contribution in [0, 0.1) is 0 Å². The smallest absolute Gasteiger partial charge is 0.122 e. The fraction of sp³-hybridized carbons (Fsp3) is 0.286. The highest BCUT2D eigenvalue weighted by molar-refractivity contribution is 9.10. The molecule has 0 aliphatic rings. The Labute approximate surface area is 119 Å². The highest BCUT2D eigenvalue weighted by Gasteiger charge is 2.03. The summed E-state index contributed by atoms with van der Waals surface area (Å²) in [6.45, 7) is 2.74. The molecule has 0 aliphatic heterocycles. The van der Waals surface area contributed by atoms with Crippen molar-refractivity contribution in [1.82, 2.24) is 0 Å². The molecule has 0 fully saturated rings. The lowest BCUT2D eigenvalue weighted by atomic mass is 10.2. The highest BCUT2D eigenvalue weighted by atomic mass is 79.9. The van der Waals surface area contributed by atoms with Crippen molar-refractivity contribution < 1.29 is 9.84 Å². The van der Waals surface area contributed by atoms with Gasteiger partial charge in [-0.3, -0.25) is 0 Å². The van der Waals surface area contributed by atoms with E-state index < -0.39 is 0 Å². The molecule has 2 aromatic rings. The second-order valence-electron chi connectivity index (χ2n) is 3.92. The molecule has 0 saturated carbocycles. The van der Waals surface area contributed by atoms with E-state index >= 15 is 0 Å². The molecule has 0 spiro atoms. The quantitative estimate of drug-likeness (QED) is 0.894. The number of hydrogen-bond acceptors (Lipinski definition) is 3. The predicted molar refractivity (Wildman–Crippen MR) is 78.1 cm³/mol. The van der Waals surface area contributed by atoms with Crippen molar-refractivity contribution >= 4 is 27.3 Å². The summed E-state index contributed by atoms with van der Waals surface area (Å²) in [5.41, 5.74) is 0.841. The first-order valence-electron chi connectivity index (χ1n) is 5.82. The number of benzene rings is 1. The summed E-state index contributed by atoms with van der Waals surface area (Å²) in [5.74, 6) is 0.786. The monoisotopic (exact) mass is 326 g/mol. The lowest BCUT2D eigenvalue weighted by Crippen LogP contribution is -1.94. The van der Waals surface area contributed by atoms with Gasteiger partial charge in [0.25, 0.3) is 0 Å². The average molecular weight is 327 g/mol. The third-order valence-electron chi connectivity index (χ3n) is 2.63. The number of aryl methyl sites for hydroxylation is 1. The average Bonchev–Trinajstić information content (AvgIpc) is 2.86. The molecule has 2 rings (SSSR count). The van der Waals surface area contributed by atoms with Gasteiger partial charge < -0.3 is 9.84 Å². The fourth-order valence-electron chi connectivity index (χ4n) is 1.61. The molecule has 1 N–H and O–H groups in total. The summed E-state index contributed by atoms with van der Waals surface area (Å²) < 4.78 is 6.63. The Hall–Kier alpha value is -0.840. The molecule has 0 saturated heterocycles. The fourth-order valence-corrected chi connectivity index (χ4v) is 2.85. The van der Waals surface area contributed by atoms with Crippen LogP contribution in [0.1, 0.15) is 22.2 Å². The van der Waals surface area contributed by atoms with Gasteiger partial charge in [-0.15, -0.1) is 11.3 Å². The van der Waals surface area contributed by atoms with Gasteiger partial charge in [-0.2, -0.15) is 0 Å². The molecule has 1 aromatic carbocycles. The van der Waals surface area contributed by atoms with Gasteiger partial charge in [-0.05, 0) is 42.3 Å². The van der Waals surface area contributed by atoms with E-state index in [0.29, 0.717) is 6.61 Å². The Morgan fingerprint density at radius 2 is 2.00 bits per heavy atom. The molecule has 0 unspecified atom stereocenters. The van der Waals surface area contributed by atoms with Crippen molar-refractivity contribution in [2.45, 2.75) is 26.6 Å². The normalized spacial score (nSPS) is 10.6. The first-order chi connectivity index (χ1) is 8.72. The molecule has 0 aliphatic carbocycles. The lowest BCUT2D eigenvalue weighted by molar-refractivity contribution is 0.277. The second kappa shape index (κ2) is 6.36. The molecular weight excluding hydrogens is 312 g/mol. The summed E-state index contributed by atoms with van der Waals surface area (Å²) in [4.78, 5) is 2.60. The van der Waals surface area contributed by atoms with Crippen LogP contribution in [0.5, 0.6) is 5.75 Å². The van der Waals surface area contributed by atoms with E-state index in [-0.39, 0.29) is 6.61 Å². The molecule has 0 atom stereocenters. The van der Waals surface area contributed by atoms with Crippen LogP contribution in [0.2, 0.25) is 0 Å². The minimum absolute atomic E-state index is 0.0107. The maximum absolute atomic E-state index is 9.18. The lowest BCUT2D eigenvalue weighted by Gasteiger charge is -2.07. The highest BCUT2D eigenvalue weighted by Crippen LogP contribution is 2.24. The number of aliphatic hydroxyl groups excluding tert-OH is 1. The van der Waals surface area contributed by atoms with Crippen LogP contribution in [-0.4, -0.2) is 5.11 Å². The van der Waals surface area contributed by atoms with Gasteiger partial charge >= 0.3 is 0 Å². The molecule has 96 valence electrons. The van der Waals surface area contributed by atoms with Crippen molar-refractivity contribution in [2.24, 2.45) is 0 Å². The van der Waals surface area contributed by atoms with Gasteiger partial charge in [-0.1, -0.05) is 22.9 Å². The van der Waals surface area contributed by atoms with Crippen LogP contribution in [0.25, 0.3) is 0 Å². The summed E-state index contributed by atoms with van der Waals surface area (Å²) in [6.07, 6.45) is 1.07. The molecule has 4 heteroatoms. The van der Waals surface area contributed by atoms with Gasteiger partial charge in [0, 0.05) is 14.2 Å². The van der Waals surface area contributed by atoms with Crippen LogP contribution < -0.4 is 4.74 Å². The molecule has 0 radical (unpaired) electrons. The van der Waals surface area contributed by atoms with Crippen LogP contribution in [0.4, 0.5) is 0 Å². The van der Waals surface area contributed by atoms with Crippen LogP contribution in [0.3, 0.4) is 0 Å². The first-order valence-corrected chi connectivity index (χ1v) is 7.43. The predicted octanol–water partition coefficient (Wildman–Crippen LogP) is 4.14. The van der Waals surface area contributed by atoms with Crippen LogP contribution in [-0.2, 0) is 19.6 Å². The zero-order chi connectivity index (χ0) is 13.0. The zero-order valence-corrected chi connectivity index (χ0v) is 12.6. The molecular formula is C14H15BrO2S. The van der Waals surface area contributed by atoms with E-state index in [4.69, 9.17) is 4.74 Å². The third kappa shape index (κ3) is 3.34. The van der Waals surface area contributed by atoms with Crippen molar-refractivity contribution in [2.75, 3.05) is 0 Å². The molecule has 1 aromatic heterocycles. The molecule has 1 heterocycles. The Balaban J connectivity index is 2.01. The zero-order valence-electron chi connectivity index (χ0n) is 10.1. The molecule has 0 bridgehead atoms. The largest absolute Gasteiger partial charge is 0.488 e. The summed E-state index contributed by atoms with van der Waals surface area (Å²) >= 11 is 5.17. The molecule has 2 nitrogen and oxygen atoms in total. The standard InChI is InChI=1S/C14H15BrO2S/c1-2-12-4-5-13(18-12)9-17-11-3-6-14(15)10(7-11)8-16/h3-7,16H,2,8-9H2,1H3. The SMILES string of the molecule is CCc1ccc(COc2ccc(Br)c(CO)c2)s1. The van der Waals surface area contributed by atoms with Gasteiger partial charge in [0.05, 0.1) is 6.61 Å². The van der Waals surface area contributed by atoms with Crippen molar-refractivity contribution in [3.05, 3.63) is 50.1 Å². The van der Waals surface area contributed by atoms with E-state index in [2.05, 4.69) is 35.0 Å². The van der Waals surface area contributed by atoms with Gasteiger partial charge in [0.2, 0.25) is 0 Å². The summed E-state index contributed by atoms with van der Waals surface area (Å²) in [7, 11) is 0. The van der Waals surface area contributed by atoms with E-state index in [0.717, 1.165) is 22.2 Å². The van der Waals surface area contributed by atoms with Gasteiger partial charge in [-0.25, -0.2) is 0 Å². The van der Waals surface area contributed by atoms with Crippen molar-refractivity contribution in [1.29, 1.82) is 0 Å². The van der Waals surface area contributed by atoms with Crippen molar-refractivity contribution in [3.63, 3.8) is 0 Å². The van der Waals surface area contributed by atoms with Crippen molar-refractivity contribution in [3.8, 4) is 5.75 Å². The summed E-state index contributed by atoms with van der Waals surface area (Å²) in [6, 6.07) is 9.90. The minimum atomic E-state index is 0.0107. The Kier molecular flexibility index (Phi) is 4.80. The van der Waals surface area contributed by atoms with Gasteiger partial charge in [0.15, 0.2) is 0 Å². The van der Waals surface area contributed by atoms with Crippen LogP contribution in [0.15, 0.2) is 34.8 Å². The van der Waals surface area contributed by atoms with E-state index in [9.17, 15) is 5.11 Å². The number of rotatable bonds is 5. The molecule has 0 amide bonds. The number of hydrogen-bond donors (Lipinski definition) is 1.